The molecule has 3 aromatic heterocycles. The summed E-state index contributed by atoms with van der Waals surface area (Å²) in [7, 11) is 0. The van der Waals surface area contributed by atoms with Gasteiger partial charge < -0.3 is 9.13 Å². The standard InChI is InChI=1S/C57H37N5/c1-4-19-38(20-5-1)42-25-10-11-26-43(42)44-27-12-13-29-47(44)56-58-55(39-35-36-46-45-28-14-16-32-50(45)62(53(46)37-39)41-23-8-3-9-24-41)59-57(60-56)49-31-18-34-52-54(49)48-30-15-17-33-51(48)61(52)40-21-6-2-7-22-40/h1-37H. The molecule has 3 heterocycles. The Bertz CT molecular complexity index is 3620. The number of para-hydroxylation sites is 4. The summed E-state index contributed by atoms with van der Waals surface area (Å²) < 4.78 is 4.68. The van der Waals surface area contributed by atoms with Crippen molar-refractivity contribution in [2.75, 3.05) is 0 Å². The number of rotatable bonds is 7. The Kier molecular flexibility index (Phi) is 8.42. The molecule has 0 aliphatic heterocycles. The largest absolute Gasteiger partial charge is 0.309 e. The third kappa shape index (κ3) is 5.82. The summed E-state index contributed by atoms with van der Waals surface area (Å²) in [6, 6.07) is 79.1. The fourth-order valence-corrected chi connectivity index (χ4v) is 9.27. The number of hydrogen-bond donors (Lipinski definition) is 0. The lowest BCUT2D eigenvalue weighted by atomic mass is 9.91. The first-order valence-electron chi connectivity index (χ1n) is 21.0. The average molecular weight is 792 g/mol. The van der Waals surface area contributed by atoms with Crippen molar-refractivity contribution >= 4 is 43.6 Å². The van der Waals surface area contributed by atoms with Crippen molar-refractivity contribution in [3.63, 3.8) is 0 Å². The van der Waals surface area contributed by atoms with Crippen LogP contribution in [0.1, 0.15) is 0 Å². The predicted octanol–water partition coefficient (Wildman–Crippen LogP) is 14.4. The van der Waals surface area contributed by atoms with Gasteiger partial charge in [0.25, 0.3) is 0 Å². The lowest BCUT2D eigenvalue weighted by Gasteiger charge is -2.15. The molecular formula is C57H37N5. The molecule has 0 aliphatic rings. The maximum atomic E-state index is 5.45. The van der Waals surface area contributed by atoms with Crippen molar-refractivity contribution in [1.82, 2.24) is 24.1 Å². The normalized spacial score (nSPS) is 11.5. The van der Waals surface area contributed by atoms with Crippen LogP contribution >= 0.6 is 0 Å². The van der Waals surface area contributed by atoms with Gasteiger partial charge in [-0.1, -0.05) is 176 Å². The van der Waals surface area contributed by atoms with E-state index in [2.05, 4.69) is 234 Å². The molecule has 0 unspecified atom stereocenters. The van der Waals surface area contributed by atoms with Gasteiger partial charge in [0.1, 0.15) is 0 Å². The Labute approximate surface area is 358 Å². The van der Waals surface area contributed by atoms with Gasteiger partial charge in [-0.3, -0.25) is 0 Å². The molecule has 0 atom stereocenters. The second-order valence-corrected chi connectivity index (χ2v) is 15.6. The van der Waals surface area contributed by atoms with Crippen LogP contribution in [0.25, 0.3) is 111 Å². The molecule has 12 aromatic rings. The summed E-state index contributed by atoms with van der Waals surface area (Å²) in [6.07, 6.45) is 0. The Hall–Kier alpha value is -8.41. The highest BCUT2D eigenvalue weighted by Gasteiger charge is 2.22. The minimum Gasteiger partial charge on any atom is -0.309 e. The van der Waals surface area contributed by atoms with Gasteiger partial charge in [0.05, 0.1) is 22.1 Å². The van der Waals surface area contributed by atoms with E-state index in [9.17, 15) is 0 Å². The second-order valence-electron chi connectivity index (χ2n) is 15.6. The Morgan fingerprint density at radius 1 is 0.258 bits per heavy atom. The van der Waals surface area contributed by atoms with Crippen LogP contribution in [-0.4, -0.2) is 24.1 Å². The van der Waals surface area contributed by atoms with E-state index < -0.39 is 0 Å². The molecular weight excluding hydrogens is 755 g/mol. The van der Waals surface area contributed by atoms with Crippen LogP contribution in [0.5, 0.6) is 0 Å². The monoisotopic (exact) mass is 791 g/mol. The Balaban J connectivity index is 1.14. The van der Waals surface area contributed by atoms with E-state index >= 15 is 0 Å². The molecule has 0 saturated heterocycles. The number of nitrogens with zero attached hydrogens (tertiary/aromatic N) is 5. The van der Waals surface area contributed by atoms with E-state index in [0.717, 1.165) is 83.2 Å². The van der Waals surface area contributed by atoms with E-state index in [1.165, 1.54) is 10.8 Å². The number of benzene rings is 9. The van der Waals surface area contributed by atoms with Crippen molar-refractivity contribution in [3.05, 3.63) is 224 Å². The summed E-state index contributed by atoms with van der Waals surface area (Å²) >= 11 is 0. The summed E-state index contributed by atoms with van der Waals surface area (Å²) in [5.74, 6) is 1.82. The van der Waals surface area contributed by atoms with Crippen molar-refractivity contribution in [1.29, 1.82) is 0 Å². The van der Waals surface area contributed by atoms with Gasteiger partial charge in [-0.15, -0.1) is 0 Å². The maximum absolute atomic E-state index is 5.45. The molecule has 0 N–H and O–H groups in total. The van der Waals surface area contributed by atoms with Gasteiger partial charge >= 0.3 is 0 Å². The van der Waals surface area contributed by atoms with Crippen LogP contribution in [-0.2, 0) is 0 Å². The van der Waals surface area contributed by atoms with Gasteiger partial charge in [0.15, 0.2) is 17.5 Å². The zero-order valence-corrected chi connectivity index (χ0v) is 33.6. The van der Waals surface area contributed by atoms with Crippen molar-refractivity contribution < 1.29 is 0 Å². The van der Waals surface area contributed by atoms with Crippen LogP contribution < -0.4 is 0 Å². The van der Waals surface area contributed by atoms with Gasteiger partial charge in [-0.05, 0) is 70.8 Å². The molecule has 0 aliphatic carbocycles. The molecule has 0 saturated carbocycles. The molecule has 0 spiro atoms. The Morgan fingerprint density at radius 2 is 0.710 bits per heavy atom. The summed E-state index contributed by atoms with van der Waals surface area (Å²) in [5.41, 5.74) is 13.9. The first-order chi connectivity index (χ1) is 30.8. The molecule has 0 radical (unpaired) electrons. The SMILES string of the molecule is c1ccc(-c2ccccc2-c2ccccc2-c2nc(-c3ccc4c5ccccc5n(-c5ccccc5)c4c3)nc(-c3cccc4c3c3ccccc3n4-c3ccccc3)n2)cc1. The van der Waals surface area contributed by atoms with Crippen LogP contribution in [0.15, 0.2) is 224 Å². The van der Waals surface area contributed by atoms with E-state index in [1.54, 1.807) is 0 Å². The van der Waals surface area contributed by atoms with Crippen molar-refractivity contribution in [3.8, 4) is 67.8 Å². The third-order valence-electron chi connectivity index (χ3n) is 12.0. The van der Waals surface area contributed by atoms with Crippen molar-refractivity contribution in [2.45, 2.75) is 0 Å². The fourth-order valence-electron chi connectivity index (χ4n) is 9.27. The van der Waals surface area contributed by atoms with Gasteiger partial charge in [0, 0.05) is 49.6 Å². The smallest absolute Gasteiger partial charge is 0.164 e. The molecule has 5 heteroatoms. The zero-order chi connectivity index (χ0) is 41.0. The highest BCUT2D eigenvalue weighted by atomic mass is 15.0. The Morgan fingerprint density at radius 3 is 1.40 bits per heavy atom. The van der Waals surface area contributed by atoms with Crippen LogP contribution in [0.3, 0.4) is 0 Å². The van der Waals surface area contributed by atoms with Gasteiger partial charge in [-0.2, -0.15) is 0 Å². The van der Waals surface area contributed by atoms with Gasteiger partial charge in [-0.25, -0.2) is 15.0 Å². The first kappa shape index (κ1) is 35.5. The second kappa shape index (κ2) is 14.7. The third-order valence-corrected chi connectivity index (χ3v) is 12.0. The molecule has 0 bridgehead atoms. The van der Waals surface area contributed by atoms with Crippen LogP contribution in [0.4, 0.5) is 0 Å². The number of fused-ring (bicyclic) bond motifs is 6. The van der Waals surface area contributed by atoms with Gasteiger partial charge in [0.2, 0.25) is 0 Å². The quantitative estimate of drug-likeness (QED) is 0.162. The molecule has 62 heavy (non-hydrogen) atoms. The summed E-state index contributed by atoms with van der Waals surface area (Å²) in [4.78, 5) is 16.3. The van der Waals surface area contributed by atoms with Crippen molar-refractivity contribution in [2.24, 2.45) is 0 Å². The van der Waals surface area contributed by atoms with E-state index in [1.807, 2.05) is 0 Å². The van der Waals surface area contributed by atoms with E-state index in [-0.39, 0.29) is 0 Å². The van der Waals surface area contributed by atoms with Crippen LogP contribution in [0, 0.1) is 0 Å². The number of hydrogen-bond acceptors (Lipinski definition) is 3. The van der Waals surface area contributed by atoms with Crippen LogP contribution in [0.2, 0.25) is 0 Å². The molecule has 9 aromatic carbocycles. The zero-order valence-electron chi connectivity index (χ0n) is 33.6. The average Bonchev–Trinajstić information content (AvgIpc) is 3.87. The van der Waals surface area contributed by atoms with E-state index in [0.29, 0.717) is 17.5 Å². The minimum atomic E-state index is 0.603. The molecule has 0 fully saturated rings. The molecule has 290 valence electrons. The fraction of sp³-hybridized carbons (Fsp3) is 0. The molecule has 0 amide bonds. The summed E-state index contributed by atoms with van der Waals surface area (Å²) in [5, 5.41) is 4.60. The molecule has 12 rings (SSSR count). The lowest BCUT2D eigenvalue weighted by molar-refractivity contribution is 1.08. The lowest BCUT2D eigenvalue weighted by Crippen LogP contribution is -2.02. The maximum Gasteiger partial charge on any atom is 0.164 e. The summed E-state index contributed by atoms with van der Waals surface area (Å²) in [6.45, 7) is 0. The minimum absolute atomic E-state index is 0.603. The highest BCUT2D eigenvalue weighted by molar-refractivity contribution is 6.15. The van der Waals surface area contributed by atoms with E-state index in [4.69, 9.17) is 15.0 Å². The first-order valence-corrected chi connectivity index (χ1v) is 21.0. The predicted molar refractivity (Wildman–Crippen MR) is 256 cm³/mol. The number of aromatic nitrogens is 5. The highest BCUT2D eigenvalue weighted by Crippen LogP contribution is 2.41. The molecule has 5 nitrogen and oxygen atoms in total. The topological polar surface area (TPSA) is 48.5 Å².